The predicted octanol–water partition coefficient (Wildman–Crippen LogP) is 2.13. The second kappa shape index (κ2) is 10.0. The van der Waals surface area contributed by atoms with Crippen molar-refractivity contribution in [3.8, 4) is 0 Å². The fraction of sp³-hybridized carbons (Fsp3) is 0.792. The lowest BCUT2D eigenvalue weighted by molar-refractivity contribution is -0.157. The molecule has 3 rings (SSSR count). The van der Waals surface area contributed by atoms with E-state index < -0.39 is 41.6 Å². The largest absolute Gasteiger partial charge is 0.466 e. The molecule has 186 valence electrons. The molecule has 2 amide bonds. The molecular weight excluding hydrogens is 492 g/mol. The average Bonchev–Trinajstić information content (AvgIpc) is 3.36. The lowest BCUT2D eigenvalue weighted by atomic mass is 9.70. The van der Waals surface area contributed by atoms with Gasteiger partial charge in [0.1, 0.15) is 11.6 Å². The van der Waals surface area contributed by atoms with Crippen LogP contribution in [0.2, 0.25) is 0 Å². The lowest BCUT2D eigenvalue weighted by Gasteiger charge is -2.41. The van der Waals surface area contributed by atoms with E-state index >= 15 is 0 Å². The number of aliphatic hydroxyl groups excluding tert-OH is 1. The first-order valence-electron chi connectivity index (χ1n) is 11.9. The van der Waals surface area contributed by atoms with Crippen molar-refractivity contribution in [3.05, 3.63) is 12.7 Å². The normalized spacial score (nSPS) is 34.4. The summed E-state index contributed by atoms with van der Waals surface area (Å²) in [5, 5.41) is 10.3. The van der Waals surface area contributed by atoms with E-state index in [0.29, 0.717) is 13.0 Å². The highest BCUT2D eigenvalue weighted by Gasteiger charge is 2.77. The Balaban J connectivity index is 2.16. The van der Waals surface area contributed by atoms with Crippen LogP contribution in [0.25, 0.3) is 0 Å². The summed E-state index contributed by atoms with van der Waals surface area (Å²) >= 11 is 3.64. The number of esters is 1. The second-order valence-electron chi connectivity index (χ2n) is 9.67. The third-order valence-electron chi connectivity index (χ3n) is 7.60. The first kappa shape index (κ1) is 26.2. The molecule has 1 N–H and O–H groups in total. The summed E-state index contributed by atoms with van der Waals surface area (Å²) in [5.74, 6) is -2.69. The van der Waals surface area contributed by atoms with Crippen LogP contribution in [0, 0.1) is 17.8 Å². The van der Waals surface area contributed by atoms with Gasteiger partial charge in [0, 0.05) is 17.4 Å². The molecule has 0 aromatic heterocycles. The highest BCUT2D eigenvalue weighted by molar-refractivity contribution is 9.09. The van der Waals surface area contributed by atoms with Crippen molar-refractivity contribution in [1.82, 2.24) is 9.80 Å². The Morgan fingerprint density at radius 1 is 1.39 bits per heavy atom. The molecule has 33 heavy (non-hydrogen) atoms. The van der Waals surface area contributed by atoms with Gasteiger partial charge in [0.2, 0.25) is 11.8 Å². The third-order valence-corrected chi connectivity index (χ3v) is 8.44. The molecule has 0 saturated carbocycles. The van der Waals surface area contributed by atoms with E-state index in [1.807, 2.05) is 27.7 Å². The monoisotopic (exact) mass is 528 g/mol. The van der Waals surface area contributed by atoms with Crippen molar-refractivity contribution < 1.29 is 29.0 Å². The van der Waals surface area contributed by atoms with Crippen molar-refractivity contribution in [3.63, 3.8) is 0 Å². The molecule has 3 saturated heterocycles. The maximum atomic E-state index is 14.1. The van der Waals surface area contributed by atoms with Crippen LogP contribution < -0.4 is 0 Å². The smallest absolute Gasteiger partial charge is 0.312 e. The third kappa shape index (κ3) is 4.04. The quantitative estimate of drug-likeness (QED) is 0.265. The minimum atomic E-state index is -1.15. The summed E-state index contributed by atoms with van der Waals surface area (Å²) in [6, 6.07) is -1.63. The van der Waals surface area contributed by atoms with E-state index in [9.17, 15) is 19.5 Å². The van der Waals surface area contributed by atoms with Crippen LogP contribution in [0.3, 0.4) is 0 Å². The number of hydrogen-bond acceptors (Lipinski definition) is 6. The SMILES string of the molecule is C=CCN(C(=O)C1N([C@@H](CO)[C@@H](C)CC)C(=O)[C@@H]2[C@@H](C(=O)OCC)[C@@H]3OC12CC3Br)C(C)C. The molecule has 3 aliphatic heterocycles. The molecule has 1 spiro atoms. The lowest BCUT2D eigenvalue weighted by Crippen LogP contribution is -2.60. The molecule has 3 heterocycles. The number of ether oxygens (including phenoxy) is 2. The van der Waals surface area contributed by atoms with Gasteiger partial charge < -0.3 is 24.4 Å². The van der Waals surface area contributed by atoms with Crippen LogP contribution >= 0.6 is 15.9 Å². The van der Waals surface area contributed by atoms with Crippen molar-refractivity contribution in [2.45, 2.75) is 82.1 Å². The van der Waals surface area contributed by atoms with E-state index in [0.717, 1.165) is 6.42 Å². The van der Waals surface area contributed by atoms with Gasteiger partial charge in [0.05, 0.1) is 37.2 Å². The van der Waals surface area contributed by atoms with Gasteiger partial charge in [-0.25, -0.2) is 0 Å². The molecule has 9 heteroatoms. The topological polar surface area (TPSA) is 96.4 Å². The molecule has 0 radical (unpaired) electrons. The second-order valence-corrected chi connectivity index (χ2v) is 10.8. The molecule has 0 aromatic rings. The zero-order valence-electron chi connectivity index (χ0n) is 20.2. The standard InChI is InChI=1S/C24H37BrN2O6/c1-7-10-26(13(4)5)22(30)20-24-11-15(25)19(33-24)17(23(31)32-9-3)18(24)21(29)27(20)16(12-28)14(6)8-2/h7,13-20,28H,1,8-12H2,2-6H3/t14-,15?,16-,17+,18-,19+,20?,24?/m0/s1. The zero-order valence-corrected chi connectivity index (χ0v) is 21.8. The molecule has 8 atom stereocenters. The highest BCUT2D eigenvalue weighted by atomic mass is 79.9. The minimum absolute atomic E-state index is 0.0469. The molecule has 2 bridgehead atoms. The van der Waals surface area contributed by atoms with Crippen LogP contribution in [0.15, 0.2) is 12.7 Å². The Labute approximate surface area is 204 Å². The summed E-state index contributed by atoms with van der Waals surface area (Å²) in [5.41, 5.74) is -1.15. The average molecular weight is 529 g/mol. The maximum Gasteiger partial charge on any atom is 0.312 e. The van der Waals surface area contributed by atoms with Crippen LogP contribution in [-0.2, 0) is 23.9 Å². The number of likely N-dealkylation sites (tertiary alicyclic amines) is 1. The number of nitrogens with zero attached hydrogens (tertiary/aromatic N) is 2. The number of aliphatic hydroxyl groups is 1. The summed E-state index contributed by atoms with van der Waals surface area (Å²) in [7, 11) is 0. The fourth-order valence-corrected chi connectivity index (χ4v) is 6.82. The van der Waals surface area contributed by atoms with Crippen molar-refractivity contribution in [2.75, 3.05) is 19.8 Å². The predicted molar refractivity (Wildman–Crippen MR) is 127 cm³/mol. The summed E-state index contributed by atoms with van der Waals surface area (Å²) in [6.45, 7) is 13.5. The van der Waals surface area contributed by atoms with Gasteiger partial charge in [-0.1, -0.05) is 42.3 Å². The van der Waals surface area contributed by atoms with Crippen LogP contribution in [0.1, 0.15) is 47.5 Å². The van der Waals surface area contributed by atoms with Crippen LogP contribution in [-0.4, -0.2) is 87.1 Å². The summed E-state index contributed by atoms with van der Waals surface area (Å²) in [4.78, 5) is 44.1. The number of alkyl halides is 1. The highest BCUT2D eigenvalue weighted by Crippen LogP contribution is 2.61. The molecular formula is C24H37BrN2O6. The first-order chi connectivity index (χ1) is 15.6. The number of carbonyl (C=O) groups excluding carboxylic acids is 3. The van der Waals surface area contributed by atoms with Crippen molar-refractivity contribution in [2.24, 2.45) is 17.8 Å². The molecule has 3 unspecified atom stereocenters. The number of fused-ring (bicyclic) bond motifs is 1. The van der Waals surface area contributed by atoms with Gasteiger partial charge >= 0.3 is 5.97 Å². The Morgan fingerprint density at radius 2 is 2.06 bits per heavy atom. The molecule has 3 aliphatic rings. The van der Waals surface area contributed by atoms with Gasteiger partial charge in [0.25, 0.3) is 0 Å². The van der Waals surface area contributed by atoms with Crippen molar-refractivity contribution >= 4 is 33.7 Å². The minimum Gasteiger partial charge on any atom is -0.466 e. The van der Waals surface area contributed by atoms with Crippen LogP contribution in [0.4, 0.5) is 0 Å². The number of rotatable bonds is 10. The molecule has 0 aliphatic carbocycles. The Hall–Kier alpha value is -1.45. The number of hydrogen-bond donors (Lipinski definition) is 1. The van der Waals surface area contributed by atoms with Gasteiger partial charge in [-0.15, -0.1) is 6.58 Å². The van der Waals surface area contributed by atoms with Gasteiger partial charge in [-0.3, -0.25) is 14.4 Å². The Bertz CT molecular complexity index is 791. The first-order valence-corrected chi connectivity index (χ1v) is 12.9. The van der Waals surface area contributed by atoms with E-state index in [1.165, 1.54) is 4.90 Å². The van der Waals surface area contributed by atoms with E-state index in [1.54, 1.807) is 17.9 Å². The van der Waals surface area contributed by atoms with Crippen LogP contribution in [0.5, 0.6) is 0 Å². The molecule has 8 nitrogen and oxygen atoms in total. The zero-order chi connectivity index (χ0) is 24.7. The fourth-order valence-electron chi connectivity index (χ4n) is 5.88. The number of amides is 2. The number of carbonyl (C=O) groups is 3. The van der Waals surface area contributed by atoms with Crippen molar-refractivity contribution in [1.29, 1.82) is 0 Å². The van der Waals surface area contributed by atoms with E-state index in [4.69, 9.17) is 9.47 Å². The summed E-state index contributed by atoms with van der Waals surface area (Å²) in [6.07, 6.45) is 2.27. The molecule has 3 fully saturated rings. The Morgan fingerprint density at radius 3 is 2.58 bits per heavy atom. The molecule has 0 aromatic carbocycles. The van der Waals surface area contributed by atoms with E-state index in [-0.39, 0.29) is 41.8 Å². The summed E-state index contributed by atoms with van der Waals surface area (Å²) < 4.78 is 11.8. The van der Waals surface area contributed by atoms with Gasteiger partial charge in [0.15, 0.2) is 0 Å². The van der Waals surface area contributed by atoms with Gasteiger partial charge in [-0.05, 0) is 33.1 Å². The van der Waals surface area contributed by atoms with E-state index in [2.05, 4.69) is 22.5 Å². The Kier molecular flexibility index (Phi) is 7.96. The number of halogens is 1. The van der Waals surface area contributed by atoms with Gasteiger partial charge in [-0.2, -0.15) is 0 Å². The maximum absolute atomic E-state index is 14.1.